The number of hydrogen-bond donors (Lipinski definition) is 1. The minimum absolute atomic E-state index is 0.0205. The third kappa shape index (κ3) is 3.92. The standard InChI is InChI=1S/C28H34N2O2/c1-3-29-16-15-28(31)25(20-29)26(22-13-9-6-10-14-22)24-19-30(4-2)18-23(27(24)32-28)17-21-11-7-5-8-12-21/h5-14,17,25-26,31H,3-4,15-16,18-20H2,1-2H3. The van der Waals surface area contributed by atoms with Crippen LogP contribution in [0, 0.1) is 5.92 Å². The molecule has 0 aromatic heterocycles. The highest BCUT2D eigenvalue weighted by Gasteiger charge is 2.53. The summed E-state index contributed by atoms with van der Waals surface area (Å²) in [7, 11) is 0. The number of ether oxygens (including phenoxy) is 1. The Hall–Kier alpha value is -2.40. The molecule has 0 radical (unpaired) electrons. The number of piperidine rings is 1. The maximum atomic E-state index is 11.9. The van der Waals surface area contributed by atoms with Gasteiger partial charge in [-0.3, -0.25) is 4.90 Å². The fraction of sp³-hybridized carbons (Fsp3) is 0.429. The summed E-state index contributed by atoms with van der Waals surface area (Å²) in [6.45, 7) is 9.86. The summed E-state index contributed by atoms with van der Waals surface area (Å²) in [5.41, 5.74) is 4.94. The van der Waals surface area contributed by atoms with E-state index in [1.807, 2.05) is 6.07 Å². The van der Waals surface area contributed by atoms with Crippen molar-refractivity contribution in [2.45, 2.75) is 32.0 Å². The molecule has 0 bridgehead atoms. The molecule has 3 heterocycles. The highest BCUT2D eigenvalue weighted by Crippen LogP contribution is 2.51. The Morgan fingerprint density at radius 1 is 0.969 bits per heavy atom. The molecule has 1 N–H and O–H groups in total. The maximum absolute atomic E-state index is 11.9. The van der Waals surface area contributed by atoms with E-state index >= 15 is 0 Å². The van der Waals surface area contributed by atoms with Crippen LogP contribution in [-0.4, -0.2) is 60.0 Å². The van der Waals surface area contributed by atoms with E-state index in [1.54, 1.807) is 0 Å². The molecule has 0 saturated carbocycles. The lowest BCUT2D eigenvalue weighted by Gasteiger charge is -2.53. The molecule has 5 rings (SSSR count). The van der Waals surface area contributed by atoms with Crippen molar-refractivity contribution < 1.29 is 9.84 Å². The van der Waals surface area contributed by atoms with Crippen LogP contribution in [0.4, 0.5) is 0 Å². The lowest BCUT2D eigenvalue weighted by Crippen LogP contribution is -2.58. The molecule has 3 unspecified atom stereocenters. The zero-order valence-electron chi connectivity index (χ0n) is 19.2. The van der Waals surface area contributed by atoms with Crippen molar-refractivity contribution in [2.75, 3.05) is 39.3 Å². The normalized spacial score (nSPS) is 30.0. The molecule has 1 saturated heterocycles. The smallest absolute Gasteiger partial charge is 0.214 e. The summed E-state index contributed by atoms with van der Waals surface area (Å²) >= 11 is 0. The lowest BCUT2D eigenvalue weighted by molar-refractivity contribution is -0.249. The van der Waals surface area contributed by atoms with Crippen molar-refractivity contribution in [3.63, 3.8) is 0 Å². The van der Waals surface area contributed by atoms with Gasteiger partial charge in [0.15, 0.2) is 0 Å². The lowest BCUT2D eigenvalue weighted by atomic mass is 9.70. The molecule has 168 valence electrons. The first kappa shape index (κ1) is 21.4. The SMILES string of the molecule is CCN1CC(=Cc2ccccc2)C2=C(C1)C(c1ccccc1)C1CN(CC)CCC1(O)O2. The van der Waals surface area contributed by atoms with Crippen molar-refractivity contribution in [3.05, 3.63) is 88.7 Å². The number of benzene rings is 2. The Morgan fingerprint density at radius 3 is 2.34 bits per heavy atom. The van der Waals surface area contributed by atoms with Gasteiger partial charge in [0.25, 0.3) is 0 Å². The minimum atomic E-state index is -1.13. The summed E-state index contributed by atoms with van der Waals surface area (Å²) in [5, 5.41) is 11.9. The van der Waals surface area contributed by atoms with E-state index in [2.05, 4.69) is 84.3 Å². The number of aliphatic hydroxyl groups is 1. The molecular formula is C28H34N2O2. The van der Waals surface area contributed by atoms with Gasteiger partial charge < -0.3 is 14.7 Å². The summed E-state index contributed by atoms with van der Waals surface area (Å²) in [6, 6.07) is 21.2. The number of rotatable bonds is 4. The van der Waals surface area contributed by atoms with Gasteiger partial charge in [0, 0.05) is 50.0 Å². The van der Waals surface area contributed by atoms with E-state index in [9.17, 15) is 5.11 Å². The fourth-order valence-corrected chi connectivity index (χ4v) is 5.65. The molecule has 3 aliphatic rings. The monoisotopic (exact) mass is 430 g/mol. The molecular weight excluding hydrogens is 396 g/mol. The first-order valence-electron chi connectivity index (χ1n) is 12.0. The average Bonchev–Trinajstić information content (AvgIpc) is 2.83. The first-order valence-corrected chi connectivity index (χ1v) is 12.0. The second kappa shape index (κ2) is 8.86. The average molecular weight is 431 g/mol. The maximum Gasteiger partial charge on any atom is 0.214 e. The van der Waals surface area contributed by atoms with Gasteiger partial charge in [0.05, 0.1) is 0 Å². The zero-order chi connectivity index (χ0) is 22.1. The summed E-state index contributed by atoms with van der Waals surface area (Å²) in [5.74, 6) is -0.0362. The van der Waals surface area contributed by atoms with E-state index in [1.165, 1.54) is 22.3 Å². The Balaban J connectivity index is 1.66. The zero-order valence-corrected chi connectivity index (χ0v) is 19.2. The van der Waals surface area contributed by atoms with Gasteiger partial charge in [-0.25, -0.2) is 0 Å². The fourth-order valence-electron chi connectivity index (χ4n) is 5.65. The molecule has 32 heavy (non-hydrogen) atoms. The Morgan fingerprint density at radius 2 is 1.66 bits per heavy atom. The highest BCUT2D eigenvalue weighted by atomic mass is 16.6. The molecule has 2 aromatic carbocycles. The summed E-state index contributed by atoms with van der Waals surface area (Å²) in [6.07, 6.45) is 2.88. The van der Waals surface area contributed by atoms with Gasteiger partial charge in [-0.2, -0.15) is 0 Å². The van der Waals surface area contributed by atoms with Crippen molar-refractivity contribution in [2.24, 2.45) is 5.92 Å². The van der Waals surface area contributed by atoms with Crippen molar-refractivity contribution in [1.82, 2.24) is 9.80 Å². The van der Waals surface area contributed by atoms with Crippen molar-refractivity contribution >= 4 is 6.08 Å². The van der Waals surface area contributed by atoms with Crippen LogP contribution in [0.3, 0.4) is 0 Å². The van der Waals surface area contributed by atoms with Gasteiger partial charge in [0.1, 0.15) is 5.76 Å². The predicted molar refractivity (Wildman–Crippen MR) is 129 cm³/mol. The molecule has 0 aliphatic carbocycles. The van der Waals surface area contributed by atoms with Gasteiger partial charge in [-0.15, -0.1) is 0 Å². The van der Waals surface area contributed by atoms with Gasteiger partial charge in [-0.05, 0) is 35.9 Å². The molecule has 2 aromatic rings. The highest BCUT2D eigenvalue weighted by molar-refractivity contribution is 5.61. The number of likely N-dealkylation sites (N-methyl/N-ethyl adjacent to an activating group) is 1. The molecule has 4 heteroatoms. The largest absolute Gasteiger partial charge is 0.462 e. The number of hydrogen-bond acceptors (Lipinski definition) is 4. The third-order valence-electron chi connectivity index (χ3n) is 7.44. The third-order valence-corrected chi connectivity index (χ3v) is 7.44. The number of fused-ring (bicyclic) bond motifs is 1. The van der Waals surface area contributed by atoms with Crippen LogP contribution in [0.1, 0.15) is 37.3 Å². The van der Waals surface area contributed by atoms with Crippen LogP contribution in [0.2, 0.25) is 0 Å². The van der Waals surface area contributed by atoms with Crippen LogP contribution in [-0.2, 0) is 4.74 Å². The summed E-state index contributed by atoms with van der Waals surface area (Å²) in [4.78, 5) is 4.93. The number of nitrogens with zero attached hydrogens (tertiary/aromatic N) is 2. The summed E-state index contributed by atoms with van der Waals surface area (Å²) < 4.78 is 6.62. The minimum Gasteiger partial charge on any atom is -0.462 e. The second-order valence-electron chi connectivity index (χ2n) is 9.32. The first-order chi connectivity index (χ1) is 15.6. The predicted octanol–water partition coefficient (Wildman–Crippen LogP) is 4.50. The van der Waals surface area contributed by atoms with E-state index in [0.717, 1.165) is 45.0 Å². The Labute approximate surface area is 191 Å². The van der Waals surface area contributed by atoms with Gasteiger partial charge in [0.2, 0.25) is 5.79 Å². The van der Waals surface area contributed by atoms with Crippen molar-refractivity contribution in [1.29, 1.82) is 0 Å². The van der Waals surface area contributed by atoms with E-state index in [4.69, 9.17) is 4.74 Å². The second-order valence-corrected chi connectivity index (χ2v) is 9.32. The van der Waals surface area contributed by atoms with Crippen molar-refractivity contribution in [3.8, 4) is 0 Å². The van der Waals surface area contributed by atoms with Gasteiger partial charge >= 0.3 is 0 Å². The topological polar surface area (TPSA) is 35.9 Å². The van der Waals surface area contributed by atoms with Crippen LogP contribution < -0.4 is 0 Å². The molecule has 1 fully saturated rings. The van der Waals surface area contributed by atoms with E-state index < -0.39 is 5.79 Å². The molecule has 3 atom stereocenters. The Kier molecular flexibility index (Phi) is 5.93. The van der Waals surface area contributed by atoms with Gasteiger partial charge in [-0.1, -0.05) is 74.5 Å². The Bertz CT molecular complexity index is 1000. The van der Waals surface area contributed by atoms with Crippen LogP contribution in [0.15, 0.2) is 77.6 Å². The molecule has 0 spiro atoms. The van der Waals surface area contributed by atoms with E-state index in [-0.39, 0.29) is 11.8 Å². The quantitative estimate of drug-likeness (QED) is 0.775. The number of likely N-dealkylation sites (tertiary alicyclic amines) is 1. The van der Waals surface area contributed by atoms with Crippen LogP contribution in [0.25, 0.3) is 6.08 Å². The molecule has 3 aliphatic heterocycles. The molecule has 0 amide bonds. The van der Waals surface area contributed by atoms with Crippen LogP contribution in [0.5, 0.6) is 0 Å². The molecule has 4 nitrogen and oxygen atoms in total. The van der Waals surface area contributed by atoms with Crippen LogP contribution >= 0.6 is 0 Å². The van der Waals surface area contributed by atoms with E-state index in [0.29, 0.717) is 6.42 Å².